The summed E-state index contributed by atoms with van der Waals surface area (Å²) in [5, 5.41) is 9.92. The maximum atomic E-state index is 12.6. The van der Waals surface area contributed by atoms with Crippen molar-refractivity contribution in [3.05, 3.63) is 57.6 Å². The molecular formula is C22H23Cl2NO5. The van der Waals surface area contributed by atoms with Gasteiger partial charge in [-0.2, -0.15) is 0 Å². The highest BCUT2D eigenvalue weighted by atomic mass is 35.5. The molecule has 1 fully saturated rings. The summed E-state index contributed by atoms with van der Waals surface area (Å²) in [6, 6.07) is 10.2. The van der Waals surface area contributed by atoms with Crippen LogP contribution in [0.2, 0.25) is 10.0 Å². The summed E-state index contributed by atoms with van der Waals surface area (Å²) in [4.78, 5) is 25.3. The lowest BCUT2D eigenvalue weighted by molar-refractivity contribution is -0.139. The maximum Gasteiger partial charge on any atom is 0.341 e. The Morgan fingerprint density at radius 2 is 1.60 bits per heavy atom. The molecule has 8 heteroatoms. The van der Waals surface area contributed by atoms with Gasteiger partial charge >= 0.3 is 5.97 Å². The maximum absolute atomic E-state index is 12.6. The van der Waals surface area contributed by atoms with E-state index < -0.39 is 18.7 Å². The molecule has 6 nitrogen and oxygen atoms in total. The average Bonchev–Trinajstić information content (AvgIpc) is 3.23. The third kappa shape index (κ3) is 5.80. The highest BCUT2D eigenvalue weighted by Gasteiger charge is 2.25. The van der Waals surface area contributed by atoms with E-state index in [0.29, 0.717) is 33.5 Å². The van der Waals surface area contributed by atoms with Crippen LogP contribution in [0.3, 0.4) is 0 Å². The number of nitrogens with zero attached hydrogens (tertiary/aromatic N) is 1. The zero-order valence-corrected chi connectivity index (χ0v) is 18.1. The third-order valence-corrected chi connectivity index (χ3v) is 5.32. The number of carboxylic acid groups (broad SMARTS) is 1. The summed E-state index contributed by atoms with van der Waals surface area (Å²) >= 11 is 12.3. The number of ether oxygens (including phenoxy) is 2. The van der Waals surface area contributed by atoms with Gasteiger partial charge in [-0.3, -0.25) is 4.79 Å². The van der Waals surface area contributed by atoms with Crippen LogP contribution in [0.5, 0.6) is 11.5 Å². The quantitative estimate of drug-likeness (QED) is 0.641. The highest BCUT2D eigenvalue weighted by Crippen LogP contribution is 2.31. The van der Waals surface area contributed by atoms with Crippen molar-refractivity contribution in [3.63, 3.8) is 0 Å². The van der Waals surface area contributed by atoms with E-state index in [9.17, 15) is 9.59 Å². The number of rotatable bonds is 8. The first kappa shape index (κ1) is 22.2. The molecule has 2 aromatic carbocycles. The number of halogens is 2. The number of likely N-dealkylation sites (tertiary alicyclic amines) is 1. The predicted octanol–water partition coefficient (Wildman–Crippen LogP) is 4.44. The lowest BCUT2D eigenvalue weighted by atomic mass is 10.0. The summed E-state index contributed by atoms with van der Waals surface area (Å²) in [7, 11) is 0. The molecule has 0 saturated carbocycles. The molecule has 1 N–H and O–H groups in total. The van der Waals surface area contributed by atoms with Crippen LogP contribution in [-0.2, 0) is 16.0 Å². The van der Waals surface area contributed by atoms with E-state index in [-0.39, 0.29) is 5.91 Å². The number of hydrogen-bond donors (Lipinski definition) is 1. The van der Waals surface area contributed by atoms with Gasteiger partial charge in [0.15, 0.2) is 12.7 Å². The van der Waals surface area contributed by atoms with E-state index in [2.05, 4.69) is 0 Å². The van der Waals surface area contributed by atoms with Gasteiger partial charge in [0.2, 0.25) is 0 Å². The molecule has 0 aliphatic carbocycles. The number of carbonyl (C=O) groups is 2. The molecule has 1 heterocycles. The fraction of sp³-hybridized carbons (Fsp3) is 0.364. The van der Waals surface area contributed by atoms with E-state index in [1.54, 1.807) is 43.3 Å². The van der Waals surface area contributed by atoms with Crippen LogP contribution in [-0.4, -0.2) is 47.7 Å². The van der Waals surface area contributed by atoms with Crippen molar-refractivity contribution >= 4 is 35.1 Å². The Bertz CT molecular complexity index is 928. The number of carboxylic acids is 1. The number of aliphatic carboxylic acids is 1. The Hall–Kier alpha value is -2.44. The second kappa shape index (κ2) is 10.0. The van der Waals surface area contributed by atoms with Crippen molar-refractivity contribution in [2.75, 3.05) is 19.7 Å². The van der Waals surface area contributed by atoms with Crippen LogP contribution < -0.4 is 9.47 Å². The van der Waals surface area contributed by atoms with Gasteiger partial charge in [0.1, 0.15) is 11.5 Å². The van der Waals surface area contributed by atoms with Crippen molar-refractivity contribution in [2.45, 2.75) is 32.3 Å². The molecule has 1 aliphatic heterocycles. The molecule has 0 bridgehead atoms. The van der Waals surface area contributed by atoms with E-state index in [1.807, 2.05) is 4.90 Å². The molecule has 0 aromatic heterocycles. The number of amides is 1. The summed E-state index contributed by atoms with van der Waals surface area (Å²) in [6.45, 7) is 2.79. The normalized spacial score (nSPS) is 14.4. The standard InChI is InChI=1S/C22H23Cl2NO5/c1-14(22(28)25-8-2-3-9-25)30-20-7-5-18(24)12-16(20)10-15-11-17(23)4-6-19(15)29-13-21(26)27/h4-7,11-12,14H,2-3,8-10,13H2,1H3,(H,26,27). The summed E-state index contributed by atoms with van der Waals surface area (Å²) < 4.78 is 11.4. The molecule has 30 heavy (non-hydrogen) atoms. The molecule has 2 aromatic rings. The SMILES string of the molecule is CC(Oc1ccc(Cl)cc1Cc1cc(Cl)ccc1OCC(=O)O)C(=O)N1CCCC1. The van der Waals surface area contributed by atoms with Crippen molar-refractivity contribution < 1.29 is 24.2 Å². The third-order valence-electron chi connectivity index (χ3n) is 4.85. The molecule has 0 radical (unpaired) electrons. The van der Waals surface area contributed by atoms with Gasteiger partial charge in [-0.25, -0.2) is 4.79 Å². The fourth-order valence-corrected chi connectivity index (χ4v) is 3.80. The number of carbonyl (C=O) groups excluding carboxylic acids is 1. The Kier molecular flexibility index (Phi) is 7.45. The van der Waals surface area contributed by atoms with E-state index in [4.69, 9.17) is 37.8 Å². The minimum Gasteiger partial charge on any atom is -0.482 e. The Labute approximate surface area is 185 Å². The van der Waals surface area contributed by atoms with Gasteiger partial charge in [0.25, 0.3) is 5.91 Å². The smallest absolute Gasteiger partial charge is 0.341 e. The Balaban J connectivity index is 1.83. The predicted molar refractivity (Wildman–Crippen MR) is 115 cm³/mol. The van der Waals surface area contributed by atoms with Gasteiger partial charge < -0.3 is 19.5 Å². The molecule has 1 aliphatic rings. The van der Waals surface area contributed by atoms with Crippen molar-refractivity contribution in [1.29, 1.82) is 0 Å². The van der Waals surface area contributed by atoms with Gasteiger partial charge in [-0.05, 0) is 56.2 Å². The zero-order chi connectivity index (χ0) is 21.7. The lowest BCUT2D eigenvalue weighted by Crippen LogP contribution is -2.38. The minimum atomic E-state index is -1.07. The second-order valence-electron chi connectivity index (χ2n) is 7.16. The van der Waals surface area contributed by atoms with E-state index in [0.717, 1.165) is 31.5 Å². The van der Waals surface area contributed by atoms with Gasteiger partial charge in [-0.1, -0.05) is 23.2 Å². The second-order valence-corrected chi connectivity index (χ2v) is 8.03. The first-order valence-corrected chi connectivity index (χ1v) is 10.5. The van der Waals surface area contributed by atoms with Gasteiger partial charge in [0.05, 0.1) is 0 Å². The molecule has 3 rings (SSSR count). The van der Waals surface area contributed by atoms with Crippen LogP contribution in [0.25, 0.3) is 0 Å². The number of benzene rings is 2. The van der Waals surface area contributed by atoms with Crippen LogP contribution in [0.15, 0.2) is 36.4 Å². The fourth-order valence-electron chi connectivity index (χ4n) is 3.41. The Morgan fingerprint density at radius 1 is 1.03 bits per heavy atom. The lowest BCUT2D eigenvalue weighted by Gasteiger charge is -2.22. The molecule has 160 valence electrons. The molecule has 1 atom stereocenters. The summed E-state index contributed by atoms with van der Waals surface area (Å²) in [5.41, 5.74) is 1.43. The van der Waals surface area contributed by atoms with Crippen LogP contribution in [0, 0.1) is 0 Å². The molecule has 1 amide bonds. The van der Waals surface area contributed by atoms with Gasteiger partial charge in [-0.15, -0.1) is 0 Å². The van der Waals surface area contributed by atoms with Crippen LogP contribution >= 0.6 is 23.2 Å². The van der Waals surface area contributed by atoms with Crippen molar-refractivity contribution in [3.8, 4) is 11.5 Å². The molecule has 1 saturated heterocycles. The van der Waals surface area contributed by atoms with Crippen molar-refractivity contribution in [2.24, 2.45) is 0 Å². The van der Waals surface area contributed by atoms with Crippen molar-refractivity contribution in [1.82, 2.24) is 4.90 Å². The largest absolute Gasteiger partial charge is 0.482 e. The molecule has 1 unspecified atom stereocenters. The van der Waals surface area contributed by atoms with E-state index >= 15 is 0 Å². The van der Waals surface area contributed by atoms with Crippen LogP contribution in [0.4, 0.5) is 0 Å². The topological polar surface area (TPSA) is 76.1 Å². The monoisotopic (exact) mass is 451 g/mol. The number of hydrogen-bond acceptors (Lipinski definition) is 4. The van der Waals surface area contributed by atoms with E-state index in [1.165, 1.54) is 0 Å². The average molecular weight is 452 g/mol. The first-order valence-electron chi connectivity index (χ1n) is 9.70. The minimum absolute atomic E-state index is 0.0402. The summed E-state index contributed by atoms with van der Waals surface area (Å²) in [6.07, 6.45) is 1.73. The highest BCUT2D eigenvalue weighted by molar-refractivity contribution is 6.31. The van der Waals surface area contributed by atoms with Crippen LogP contribution in [0.1, 0.15) is 30.9 Å². The molecular weight excluding hydrogens is 429 g/mol. The Morgan fingerprint density at radius 3 is 2.20 bits per heavy atom. The zero-order valence-electron chi connectivity index (χ0n) is 16.6. The first-order chi connectivity index (χ1) is 14.3. The molecule has 0 spiro atoms. The van der Waals surface area contributed by atoms with Gasteiger partial charge in [0, 0.05) is 40.7 Å². The summed E-state index contributed by atoms with van der Waals surface area (Å²) in [5.74, 6) is -0.170.